The summed E-state index contributed by atoms with van der Waals surface area (Å²) in [5, 5.41) is 15.9. The zero-order valence-corrected chi connectivity index (χ0v) is 8.89. The number of carbonyl (C=O) groups excluding carboxylic acids is 1. The SMILES string of the molecule is CCC(O)CNC(=O)CCn1cccn1. The highest BCUT2D eigenvalue weighted by atomic mass is 16.3. The Balaban J connectivity index is 2.14. The van der Waals surface area contributed by atoms with Gasteiger partial charge in [0.25, 0.3) is 0 Å². The van der Waals surface area contributed by atoms with Crippen molar-refractivity contribution in [2.75, 3.05) is 6.54 Å². The van der Waals surface area contributed by atoms with Crippen molar-refractivity contribution in [2.45, 2.75) is 32.4 Å². The van der Waals surface area contributed by atoms with Crippen molar-refractivity contribution >= 4 is 5.91 Å². The van der Waals surface area contributed by atoms with E-state index >= 15 is 0 Å². The maximum absolute atomic E-state index is 11.3. The molecule has 84 valence electrons. The number of nitrogens with zero attached hydrogens (tertiary/aromatic N) is 2. The average molecular weight is 211 g/mol. The third kappa shape index (κ3) is 4.60. The van der Waals surface area contributed by atoms with E-state index in [-0.39, 0.29) is 5.91 Å². The summed E-state index contributed by atoms with van der Waals surface area (Å²) in [4.78, 5) is 11.3. The number of hydrogen-bond donors (Lipinski definition) is 2. The molecule has 1 amide bonds. The first-order valence-corrected chi connectivity index (χ1v) is 5.14. The molecule has 0 spiro atoms. The molecule has 1 aromatic rings. The Labute approximate surface area is 89.1 Å². The quantitative estimate of drug-likeness (QED) is 0.704. The standard InChI is InChI=1S/C10H17N3O2/c1-2-9(14)8-11-10(15)4-7-13-6-3-5-12-13/h3,5-6,9,14H,2,4,7-8H2,1H3,(H,11,15). The molecule has 1 aromatic heterocycles. The Morgan fingerprint density at radius 2 is 2.47 bits per heavy atom. The number of aliphatic hydroxyl groups is 1. The molecule has 1 atom stereocenters. The molecule has 0 fully saturated rings. The molecule has 1 rings (SSSR count). The number of aryl methyl sites for hydroxylation is 1. The molecule has 15 heavy (non-hydrogen) atoms. The van der Waals surface area contributed by atoms with E-state index in [1.165, 1.54) is 0 Å². The van der Waals surface area contributed by atoms with E-state index in [0.717, 1.165) is 0 Å². The molecule has 1 heterocycles. The molecule has 2 N–H and O–H groups in total. The lowest BCUT2D eigenvalue weighted by atomic mass is 10.3. The summed E-state index contributed by atoms with van der Waals surface area (Å²) in [5.41, 5.74) is 0. The van der Waals surface area contributed by atoms with Crippen LogP contribution in [-0.4, -0.2) is 33.4 Å². The lowest BCUT2D eigenvalue weighted by molar-refractivity contribution is -0.121. The maximum Gasteiger partial charge on any atom is 0.221 e. The fraction of sp³-hybridized carbons (Fsp3) is 0.600. The second-order valence-electron chi connectivity index (χ2n) is 3.39. The van der Waals surface area contributed by atoms with Crippen LogP contribution in [0.2, 0.25) is 0 Å². The van der Waals surface area contributed by atoms with Crippen LogP contribution in [0.15, 0.2) is 18.5 Å². The number of aliphatic hydroxyl groups excluding tert-OH is 1. The van der Waals surface area contributed by atoms with Crippen LogP contribution >= 0.6 is 0 Å². The topological polar surface area (TPSA) is 67.2 Å². The first kappa shape index (κ1) is 11.7. The Hall–Kier alpha value is -1.36. The predicted octanol–water partition coefficient (Wildman–Crippen LogP) is 0.160. The van der Waals surface area contributed by atoms with Gasteiger partial charge in [0.15, 0.2) is 0 Å². The number of nitrogens with one attached hydrogen (secondary N) is 1. The van der Waals surface area contributed by atoms with Crippen LogP contribution in [0.4, 0.5) is 0 Å². The van der Waals surface area contributed by atoms with E-state index < -0.39 is 6.10 Å². The molecule has 0 saturated carbocycles. The van der Waals surface area contributed by atoms with Crippen molar-refractivity contribution in [3.05, 3.63) is 18.5 Å². The zero-order chi connectivity index (χ0) is 11.1. The van der Waals surface area contributed by atoms with Gasteiger partial charge in [-0.2, -0.15) is 5.10 Å². The van der Waals surface area contributed by atoms with Crippen LogP contribution in [0.25, 0.3) is 0 Å². The Morgan fingerprint density at radius 3 is 3.07 bits per heavy atom. The number of rotatable bonds is 6. The lowest BCUT2D eigenvalue weighted by Gasteiger charge is -2.09. The first-order chi connectivity index (χ1) is 7.22. The van der Waals surface area contributed by atoms with E-state index in [0.29, 0.717) is 25.9 Å². The fourth-order valence-electron chi connectivity index (χ4n) is 1.11. The van der Waals surface area contributed by atoms with E-state index in [9.17, 15) is 9.90 Å². The monoisotopic (exact) mass is 211 g/mol. The van der Waals surface area contributed by atoms with Crippen LogP contribution < -0.4 is 5.32 Å². The summed E-state index contributed by atoms with van der Waals surface area (Å²) in [6.45, 7) is 2.77. The van der Waals surface area contributed by atoms with Crippen molar-refractivity contribution in [1.82, 2.24) is 15.1 Å². The third-order valence-electron chi connectivity index (χ3n) is 2.13. The van der Waals surface area contributed by atoms with Crippen LogP contribution in [0.5, 0.6) is 0 Å². The highest BCUT2D eigenvalue weighted by molar-refractivity contribution is 5.75. The van der Waals surface area contributed by atoms with Gasteiger partial charge in [0.1, 0.15) is 0 Å². The molecule has 1 unspecified atom stereocenters. The Kier molecular flexibility index (Phi) is 4.83. The van der Waals surface area contributed by atoms with Gasteiger partial charge in [-0.1, -0.05) is 6.92 Å². The molecular weight excluding hydrogens is 194 g/mol. The van der Waals surface area contributed by atoms with Crippen LogP contribution in [0, 0.1) is 0 Å². The first-order valence-electron chi connectivity index (χ1n) is 5.14. The summed E-state index contributed by atoms with van der Waals surface area (Å²) in [6.07, 6.45) is 4.09. The van der Waals surface area contributed by atoms with Crippen LogP contribution in [-0.2, 0) is 11.3 Å². The molecule has 0 radical (unpaired) electrons. The molecular formula is C10H17N3O2. The highest BCUT2D eigenvalue weighted by Gasteiger charge is 2.04. The average Bonchev–Trinajstić information content (AvgIpc) is 2.75. The maximum atomic E-state index is 11.3. The fourth-order valence-corrected chi connectivity index (χ4v) is 1.11. The number of aromatic nitrogens is 2. The van der Waals surface area contributed by atoms with Crippen molar-refractivity contribution < 1.29 is 9.90 Å². The summed E-state index contributed by atoms with van der Waals surface area (Å²) in [7, 11) is 0. The number of amides is 1. The molecule has 0 aliphatic rings. The highest BCUT2D eigenvalue weighted by Crippen LogP contribution is 1.91. The summed E-state index contributed by atoms with van der Waals surface area (Å²) < 4.78 is 1.70. The van der Waals surface area contributed by atoms with Crippen LogP contribution in [0.3, 0.4) is 0 Å². The van der Waals surface area contributed by atoms with Gasteiger partial charge in [-0.25, -0.2) is 0 Å². The molecule has 0 saturated heterocycles. The minimum absolute atomic E-state index is 0.0574. The van der Waals surface area contributed by atoms with Gasteiger partial charge >= 0.3 is 0 Å². The van der Waals surface area contributed by atoms with Gasteiger partial charge in [0, 0.05) is 31.9 Å². The molecule has 0 bridgehead atoms. The Morgan fingerprint density at radius 1 is 1.67 bits per heavy atom. The van der Waals surface area contributed by atoms with Crippen LogP contribution in [0.1, 0.15) is 19.8 Å². The Bertz CT molecular complexity index is 285. The van der Waals surface area contributed by atoms with E-state index in [2.05, 4.69) is 10.4 Å². The molecule has 5 nitrogen and oxygen atoms in total. The predicted molar refractivity (Wildman–Crippen MR) is 56.2 cm³/mol. The second kappa shape index (κ2) is 6.19. The molecule has 0 aromatic carbocycles. The van der Waals surface area contributed by atoms with E-state index in [4.69, 9.17) is 0 Å². The zero-order valence-electron chi connectivity index (χ0n) is 8.89. The van der Waals surface area contributed by atoms with Crippen molar-refractivity contribution in [3.8, 4) is 0 Å². The smallest absolute Gasteiger partial charge is 0.221 e. The van der Waals surface area contributed by atoms with Crippen molar-refractivity contribution in [2.24, 2.45) is 0 Å². The normalized spacial score (nSPS) is 12.4. The largest absolute Gasteiger partial charge is 0.391 e. The lowest BCUT2D eigenvalue weighted by Crippen LogP contribution is -2.32. The number of hydrogen-bond acceptors (Lipinski definition) is 3. The molecule has 0 aliphatic carbocycles. The minimum Gasteiger partial charge on any atom is -0.391 e. The van der Waals surface area contributed by atoms with Gasteiger partial charge in [-0.3, -0.25) is 9.48 Å². The number of carbonyl (C=O) groups is 1. The van der Waals surface area contributed by atoms with E-state index in [1.807, 2.05) is 19.2 Å². The molecule has 5 heteroatoms. The third-order valence-corrected chi connectivity index (χ3v) is 2.13. The molecule has 0 aliphatic heterocycles. The van der Waals surface area contributed by atoms with Gasteiger partial charge in [-0.05, 0) is 12.5 Å². The van der Waals surface area contributed by atoms with Gasteiger partial charge < -0.3 is 10.4 Å². The van der Waals surface area contributed by atoms with Crippen molar-refractivity contribution in [1.29, 1.82) is 0 Å². The van der Waals surface area contributed by atoms with E-state index in [1.54, 1.807) is 10.9 Å². The van der Waals surface area contributed by atoms with Gasteiger partial charge in [0.05, 0.1) is 6.10 Å². The summed E-state index contributed by atoms with van der Waals surface area (Å²) in [6, 6.07) is 1.82. The second-order valence-corrected chi connectivity index (χ2v) is 3.39. The van der Waals surface area contributed by atoms with Gasteiger partial charge in [-0.15, -0.1) is 0 Å². The summed E-state index contributed by atoms with van der Waals surface area (Å²) in [5.74, 6) is -0.0574. The summed E-state index contributed by atoms with van der Waals surface area (Å²) >= 11 is 0. The van der Waals surface area contributed by atoms with Gasteiger partial charge in [0.2, 0.25) is 5.91 Å². The minimum atomic E-state index is -0.446. The van der Waals surface area contributed by atoms with Crippen molar-refractivity contribution in [3.63, 3.8) is 0 Å².